The standard InChI is InChI=1S/C25H29FN6O/c1-5-6-10-33-25-28-17(2)22-24(30-25)32(23(29-22)20-12-21(26)14-27-13-20)16-19-9-7-8-18(11-19)15-31(3)4/h7-9,11-14H,5-6,10,15-16H2,1-4H3. The first-order valence-corrected chi connectivity index (χ1v) is 11.2. The van der Waals surface area contributed by atoms with Gasteiger partial charge in [0.05, 0.1) is 25.0 Å². The fraction of sp³-hybridized carbons (Fsp3) is 0.360. The lowest BCUT2D eigenvalue weighted by Gasteiger charge is -2.13. The predicted molar refractivity (Wildman–Crippen MR) is 127 cm³/mol. The summed E-state index contributed by atoms with van der Waals surface area (Å²) >= 11 is 0. The molecule has 0 saturated heterocycles. The summed E-state index contributed by atoms with van der Waals surface area (Å²) in [6, 6.07) is 10.2. The molecule has 0 amide bonds. The molecule has 4 aromatic rings. The van der Waals surface area contributed by atoms with Crippen LogP contribution in [0.1, 0.15) is 36.6 Å². The van der Waals surface area contributed by atoms with E-state index in [-0.39, 0.29) is 0 Å². The van der Waals surface area contributed by atoms with Gasteiger partial charge in [-0.05, 0) is 44.6 Å². The molecule has 0 fully saturated rings. The van der Waals surface area contributed by atoms with Crippen LogP contribution in [0, 0.1) is 12.7 Å². The number of fused-ring (bicyclic) bond motifs is 1. The second kappa shape index (κ2) is 10.0. The van der Waals surface area contributed by atoms with E-state index in [1.54, 1.807) is 6.20 Å². The number of halogens is 1. The number of ether oxygens (including phenoxy) is 1. The zero-order chi connectivity index (χ0) is 23.4. The lowest BCUT2D eigenvalue weighted by atomic mass is 10.1. The van der Waals surface area contributed by atoms with Crippen LogP contribution < -0.4 is 4.74 Å². The van der Waals surface area contributed by atoms with Crippen molar-refractivity contribution in [2.75, 3.05) is 20.7 Å². The van der Waals surface area contributed by atoms with E-state index in [0.29, 0.717) is 41.7 Å². The summed E-state index contributed by atoms with van der Waals surface area (Å²) in [4.78, 5) is 20.1. The molecule has 1 aromatic carbocycles. The Morgan fingerprint density at radius 3 is 2.64 bits per heavy atom. The van der Waals surface area contributed by atoms with Crippen molar-refractivity contribution in [1.82, 2.24) is 29.4 Å². The third kappa shape index (κ3) is 5.34. The van der Waals surface area contributed by atoms with Crippen LogP contribution in [0.5, 0.6) is 6.01 Å². The highest BCUT2D eigenvalue weighted by molar-refractivity contribution is 5.79. The minimum atomic E-state index is -0.412. The van der Waals surface area contributed by atoms with Crippen LogP contribution in [0.4, 0.5) is 4.39 Å². The summed E-state index contributed by atoms with van der Waals surface area (Å²) in [5, 5.41) is 0. The fourth-order valence-electron chi connectivity index (χ4n) is 3.76. The summed E-state index contributed by atoms with van der Waals surface area (Å²) in [5.74, 6) is 0.184. The lowest BCUT2D eigenvalue weighted by Crippen LogP contribution is -2.11. The number of unbranched alkanes of at least 4 members (excludes halogenated alkanes) is 1. The molecule has 172 valence electrons. The number of imidazole rings is 1. The van der Waals surface area contributed by atoms with Crippen LogP contribution in [0.2, 0.25) is 0 Å². The Kier molecular flexibility index (Phi) is 6.93. The summed E-state index contributed by atoms with van der Waals surface area (Å²) in [6.45, 7) is 5.92. The molecule has 8 heteroatoms. The van der Waals surface area contributed by atoms with Crippen molar-refractivity contribution < 1.29 is 9.13 Å². The number of aryl methyl sites for hydroxylation is 1. The molecule has 0 unspecified atom stereocenters. The number of aromatic nitrogens is 5. The molecule has 0 saturated carbocycles. The van der Waals surface area contributed by atoms with E-state index in [0.717, 1.165) is 30.6 Å². The second-order valence-corrected chi connectivity index (χ2v) is 8.44. The lowest BCUT2D eigenvalue weighted by molar-refractivity contribution is 0.285. The average molecular weight is 449 g/mol. The van der Waals surface area contributed by atoms with Gasteiger partial charge in [0.25, 0.3) is 0 Å². The van der Waals surface area contributed by atoms with Gasteiger partial charge in [-0.15, -0.1) is 0 Å². The van der Waals surface area contributed by atoms with Crippen molar-refractivity contribution >= 4 is 11.2 Å². The maximum atomic E-state index is 14.0. The Labute approximate surface area is 193 Å². The molecule has 0 aliphatic heterocycles. The van der Waals surface area contributed by atoms with Crippen molar-refractivity contribution in [2.45, 2.75) is 39.8 Å². The van der Waals surface area contributed by atoms with Crippen LogP contribution in [0.25, 0.3) is 22.6 Å². The van der Waals surface area contributed by atoms with Crippen molar-refractivity contribution in [1.29, 1.82) is 0 Å². The highest BCUT2D eigenvalue weighted by Crippen LogP contribution is 2.27. The normalized spacial score (nSPS) is 11.5. The number of hydrogen-bond acceptors (Lipinski definition) is 6. The number of hydrogen-bond donors (Lipinski definition) is 0. The molecule has 4 rings (SSSR count). The van der Waals surface area contributed by atoms with Crippen LogP contribution in [0.15, 0.2) is 42.7 Å². The largest absolute Gasteiger partial charge is 0.463 e. The van der Waals surface area contributed by atoms with Gasteiger partial charge < -0.3 is 14.2 Å². The zero-order valence-corrected chi connectivity index (χ0v) is 19.5. The minimum absolute atomic E-state index is 0.333. The first-order chi connectivity index (χ1) is 15.9. The molecule has 0 bridgehead atoms. The third-order valence-corrected chi connectivity index (χ3v) is 5.27. The minimum Gasteiger partial charge on any atom is -0.463 e. The Balaban J connectivity index is 1.82. The fourth-order valence-corrected chi connectivity index (χ4v) is 3.76. The van der Waals surface area contributed by atoms with E-state index < -0.39 is 5.82 Å². The van der Waals surface area contributed by atoms with Gasteiger partial charge in [0, 0.05) is 18.3 Å². The van der Waals surface area contributed by atoms with E-state index >= 15 is 0 Å². The topological polar surface area (TPSA) is 69.0 Å². The van der Waals surface area contributed by atoms with Gasteiger partial charge in [-0.3, -0.25) is 4.98 Å². The van der Waals surface area contributed by atoms with Gasteiger partial charge in [0.15, 0.2) is 5.65 Å². The molecule has 0 aliphatic carbocycles. The molecule has 7 nitrogen and oxygen atoms in total. The third-order valence-electron chi connectivity index (χ3n) is 5.27. The van der Waals surface area contributed by atoms with E-state index in [4.69, 9.17) is 9.72 Å². The summed E-state index contributed by atoms with van der Waals surface area (Å²) < 4.78 is 21.8. The predicted octanol–water partition coefficient (Wildman–Crippen LogP) is 4.62. The summed E-state index contributed by atoms with van der Waals surface area (Å²) in [7, 11) is 4.09. The first-order valence-electron chi connectivity index (χ1n) is 11.2. The number of benzene rings is 1. The van der Waals surface area contributed by atoms with Crippen LogP contribution >= 0.6 is 0 Å². The zero-order valence-electron chi connectivity index (χ0n) is 19.5. The molecule has 33 heavy (non-hydrogen) atoms. The smallest absolute Gasteiger partial charge is 0.318 e. The number of pyridine rings is 1. The van der Waals surface area contributed by atoms with Crippen LogP contribution in [-0.2, 0) is 13.1 Å². The molecule has 0 N–H and O–H groups in total. The molecule has 3 heterocycles. The van der Waals surface area contributed by atoms with Crippen LogP contribution in [0.3, 0.4) is 0 Å². The van der Waals surface area contributed by atoms with Gasteiger partial charge in [-0.2, -0.15) is 9.97 Å². The van der Waals surface area contributed by atoms with E-state index in [1.807, 2.05) is 25.6 Å². The first kappa shape index (κ1) is 22.8. The Bertz CT molecular complexity index is 1250. The van der Waals surface area contributed by atoms with Gasteiger partial charge in [0.2, 0.25) is 0 Å². The summed E-state index contributed by atoms with van der Waals surface area (Å²) in [6.07, 6.45) is 4.76. The van der Waals surface area contributed by atoms with Gasteiger partial charge >= 0.3 is 6.01 Å². The molecule has 0 radical (unpaired) electrons. The highest BCUT2D eigenvalue weighted by Gasteiger charge is 2.19. The molecular formula is C25H29FN6O. The highest BCUT2D eigenvalue weighted by atomic mass is 19.1. The van der Waals surface area contributed by atoms with Gasteiger partial charge in [-0.1, -0.05) is 37.6 Å². The van der Waals surface area contributed by atoms with Gasteiger partial charge in [-0.25, -0.2) is 9.37 Å². The van der Waals surface area contributed by atoms with Crippen molar-refractivity contribution in [3.8, 4) is 17.4 Å². The summed E-state index contributed by atoms with van der Waals surface area (Å²) in [5.41, 5.74) is 4.95. The Hall–Kier alpha value is -3.39. The van der Waals surface area contributed by atoms with Gasteiger partial charge in [0.1, 0.15) is 17.2 Å². The maximum absolute atomic E-state index is 14.0. The SMILES string of the molecule is CCCCOc1nc(C)c2nc(-c3cncc(F)c3)n(Cc3cccc(CN(C)C)c3)c2n1. The van der Waals surface area contributed by atoms with Crippen molar-refractivity contribution in [3.05, 3.63) is 65.4 Å². The monoisotopic (exact) mass is 448 g/mol. The van der Waals surface area contributed by atoms with Crippen molar-refractivity contribution in [2.24, 2.45) is 0 Å². The average Bonchev–Trinajstić information content (AvgIpc) is 3.13. The van der Waals surface area contributed by atoms with E-state index in [2.05, 4.69) is 51.0 Å². The molecule has 0 atom stereocenters. The van der Waals surface area contributed by atoms with E-state index in [9.17, 15) is 4.39 Å². The Morgan fingerprint density at radius 2 is 1.88 bits per heavy atom. The molecule has 0 spiro atoms. The molecule has 0 aliphatic rings. The number of rotatable bonds is 9. The molecular weight excluding hydrogens is 419 g/mol. The number of nitrogens with zero attached hydrogens (tertiary/aromatic N) is 6. The van der Waals surface area contributed by atoms with Crippen molar-refractivity contribution in [3.63, 3.8) is 0 Å². The maximum Gasteiger partial charge on any atom is 0.318 e. The molecule has 3 aromatic heterocycles. The van der Waals surface area contributed by atoms with E-state index in [1.165, 1.54) is 17.8 Å². The van der Waals surface area contributed by atoms with Crippen LogP contribution in [-0.4, -0.2) is 50.1 Å². The quantitative estimate of drug-likeness (QED) is 0.348. The second-order valence-electron chi connectivity index (χ2n) is 8.44. The Morgan fingerprint density at radius 1 is 1.06 bits per heavy atom.